The molecule has 0 aliphatic heterocycles. The molecule has 3 atom stereocenters. The van der Waals surface area contributed by atoms with Crippen molar-refractivity contribution in [2.45, 2.75) is 49.4 Å². The summed E-state index contributed by atoms with van der Waals surface area (Å²) in [6.07, 6.45) is 4.72. The van der Waals surface area contributed by atoms with Crippen LogP contribution in [-0.2, 0) is 23.7 Å². The van der Waals surface area contributed by atoms with E-state index in [4.69, 9.17) is 24.3 Å². The second-order valence-corrected chi connectivity index (χ2v) is 38.6. The minimum atomic E-state index is -4.29. The summed E-state index contributed by atoms with van der Waals surface area (Å²) >= 11 is -4.29. The summed E-state index contributed by atoms with van der Waals surface area (Å²) in [5.41, 5.74) is 10.8. The van der Waals surface area contributed by atoms with Crippen LogP contribution in [0.25, 0.3) is 11.1 Å². The van der Waals surface area contributed by atoms with Crippen molar-refractivity contribution in [2.75, 3.05) is 0 Å². The molecule has 2 bridgehead atoms. The average molecular weight is 481 g/mol. The molecule has 2 N–H and O–H groups in total. The predicted molar refractivity (Wildman–Crippen MR) is 122 cm³/mol. The molecule has 2 aromatic carbocycles. The van der Waals surface area contributed by atoms with Gasteiger partial charge in [-0.05, 0) is 0 Å². The number of halogens is 2. The molecule has 2 nitrogen and oxygen atoms in total. The number of rotatable bonds is 4. The number of nitrogens with two attached hydrogens (primary N) is 1. The van der Waals surface area contributed by atoms with E-state index in [1.54, 1.807) is 0 Å². The Bertz CT molecular complexity index is 1040. The number of carbonyl (C=O) groups excluding carboxylic acids is 1. The van der Waals surface area contributed by atoms with Gasteiger partial charge in [0.15, 0.2) is 0 Å². The van der Waals surface area contributed by atoms with Crippen molar-refractivity contribution in [1.82, 2.24) is 0 Å². The van der Waals surface area contributed by atoms with E-state index >= 15 is 0 Å². The van der Waals surface area contributed by atoms with Crippen LogP contribution in [0, 0.1) is 11.3 Å². The fourth-order valence-electron chi connectivity index (χ4n) is 6.88. The zero-order valence-corrected chi connectivity index (χ0v) is 21.3. The molecule has 1 amide bonds. The van der Waals surface area contributed by atoms with Crippen LogP contribution in [0.3, 0.4) is 0 Å². The first-order chi connectivity index (χ1) is 13.7. The normalized spacial score (nSPS) is 28.8. The Balaban J connectivity index is 1.74. The molecule has 0 aromatic heterocycles. The number of hydrogen-bond acceptors (Lipinski definition) is 1. The van der Waals surface area contributed by atoms with Crippen molar-refractivity contribution in [3.8, 4) is 11.1 Å². The minimum absolute atomic E-state index is 0.0703. The van der Waals surface area contributed by atoms with Gasteiger partial charge in [0.1, 0.15) is 0 Å². The van der Waals surface area contributed by atoms with Crippen LogP contribution in [0.2, 0.25) is 17.3 Å². The number of fused-ring (bicyclic) bond motifs is 5. The van der Waals surface area contributed by atoms with Gasteiger partial charge < -0.3 is 0 Å². The Morgan fingerprint density at radius 2 is 1.86 bits per heavy atom. The summed E-state index contributed by atoms with van der Waals surface area (Å²) in [4.78, 5) is 12.8. The van der Waals surface area contributed by atoms with Crippen LogP contribution in [0.4, 0.5) is 0 Å². The van der Waals surface area contributed by atoms with Gasteiger partial charge >= 0.3 is 183 Å². The number of benzene rings is 2. The summed E-state index contributed by atoms with van der Waals surface area (Å²) in [6, 6.07) is 15.1. The van der Waals surface area contributed by atoms with Crippen molar-refractivity contribution in [2.24, 2.45) is 17.1 Å². The van der Waals surface area contributed by atoms with Gasteiger partial charge in [-0.15, -0.1) is 0 Å². The summed E-state index contributed by atoms with van der Waals surface area (Å²) < 4.78 is 1.29. The van der Waals surface area contributed by atoms with Gasteiger partial charge in [-0.1, -0.05) is 0 Å². The van der Waals surface area contributed by atoms with Crippen molar-refractivity contribution in [3.63, 3.8) is 0 Å². The zero-order chi connectivity index (χ0) is 20.6. The third-order valence-electron chi connectivity index (χ3n) is 8.44. The van der Waals surface area contributed by atoms with Crippen molar-refractivity contribution in [1.29, 1.82) is 0 Å². The van der Waals surface area contributed by atoms with Crippen LogP contribution in [0.5, 0.6) is 0 Å². The predicted octanol–water partition coefficient (Wildman–Crippen LogP) is 5.33. The van der Waals surface area contributed by atoms with E-state index in [0.29, 0.717) is 5.92 Å². The van der Waals surface area contributed by atoms with E-state index in [0.717, 1.165) is 32.1 Å². The average Bonchev–Trinajstić information content (AvgIpc) is 3.39. The Morgan fingerprint density at radius 3 is 2.55 bits per heavy atom. The van der Waals surface area contributed by atoms with Gasteiger partial charge in [-0.25, -0.2) is 0 Å². The molecule has 0 radical (unpaired) electrons. The molecule has 0 heterocycles. The first kappa shape index (κ1) is 20.3. The number of amides is 1. The first-order valence-electron chi connectivity index (χ1n) is 10.8. The van der Waals surface area contributed by atoms with Gasteiger partial charge in [0.2, 0.25) is 0 Å². The van der Waals surface area contributed by atoms with Crippen molar-refractivity contribution >= 4 is 35.0 Å². The van der Waals surface area contributed by atoms with E-state index in [2.05, 4.69) is 55.6 Å². The molecule has 0 saturated heterocycles. The standard InChI is InChI=1S/C13H9.C8H12NO.C2H7Si.2ClH.Ti/c1-3-7-12-10(5-1)9-11-6-2-4-8-13(11)12;9-7(10)8-3-1-6(5-8)2-4-8;1-3-2;;;/h1-5,7-8H,9H2;3,6H,1-2,4-5H2,(H2,9,10);3H,1-2H3;2*1H;/q;;;;;+2/p-2. The molecule has 0 spiro atoms. The fraction of sp³-hybridized carbons (Fsp3) is 0.435. The van der Waals surface area contributed by atoms with E-state index in [1.807, 2.05) is 0 Å². The molecular formula is C23H28Cl2NOSiTi. The number of hydrogen-bond donors (Lipinski definition) is 1. The van der Waals surface area contributed by atoms with Crippen molar-refractivity contribution in [3.05, 3.63) is 53.6 Å². The molecule has 2 fully saturated rings. The monoisotopic (exact) mass is 480 g/mol. The molecule has 3 aliphatic rings. The van der Waals surface area contributed by atoms with E-state index < -0.39 is 24.5 Å². The summed E-state index contributed by atoms with van der Waals surface area (Å²) in [5.74, 6) is 0.388. The molecule has 29 heavy (non-hydrogen) atoms. The summed E-state index contributed by atoms with van der Waals surface area (Å²) in [5, 5.41) is 0. The van der Waals surface area contributed by atoms with E-state index in [1.165, 1.54) is 26.1 Å². The van der Waals surface area contributed by atoms with Gasteiger partial charge in [0.25, 0.3) is 0 Å². The van der Waals surface area contributed by atoms with Crippen LogP contribution in [0.15, 0.2) is 42.5 Å². The first-order valence-corrected chi connectivity index (χ1v) is 22.3. The SMILES string of the molecule is C[SiH](C)[Ti]([Cl])([Cl])([c]1cccc2c1Cc1ccccc1-2)[CH]1CC2CCC1(C(N)=O)C2. The van der Waals surface area contributed by atoms with Crippen LogP contribution in [0.1, 0.15) is 36.8 Å². The van der Waals surface area contributed by atoms with E-state index in [-0.39, 0.29) is 10.1 Å². The van der Waals surface area contributed by atoms with Gasteiger partial charge in [-0.3, -0.25) is 0 Å². The van der Waals surface area contributed by atoms with Crippen LogP contribution in [-0.4, -0.2) is 12.6 Å². The van der Waals surface area contributed by atoms with E-state index in [9.17, 15) is 4.79 Å². The second kappa shape index (κ2) is 6.46. The third-order valence-corrected chi connectivity index (χ3v) is 43.6. The van der Waals surface area contributed by atoms with Gasteiger partial charge in [-0.2, -0.15) is 0 Å². The topological polar surface area (TPSA) is 43.1 Å². The Morgan fingerprint density at radius 1 is 1.14 bits per heavy atom. The molecule has 2 aromatic rings. The molecule has 3 aliphatic carbocycles. The van der Waals surface area contributed by atoms with Crippen LogP contribution < -0.4 is 9.60 Å². The summed E-state index contributed by atoms with van der Waals surface area (Å²) in [7, 11) is 15.9. The zero-order valence-electron chi connectivity index (χ0n) is 17.1. The number of carbonyl (C=O) groups is 1. The number of primary amides is 1. The second-order valence-electron chi connectivity index (χ2n) is 9.89. The maximum atomic E-state index is 12.8. The van der Waals surface area contributed by atoms with Gasteiger partial charge in [0, 0.05) is 0 Å². The third kappa shape index (κ3) is 2.55. The quantitative estimate of drug-likeness (QED) is 0.504. The molecule has 5 rings (SSSR count). The van der Waals surface area contributed by atoms with Crippen LogP contribution >= 0.6 is 18.6 Å². The maximum absolute atomic E-state index is 12.8. The molecular weight excluding hydrogens is 453 g/mol. The van der Waals surface area contributed by atoms with Crippen molar-refractivity contribution < 1.29 is 17.2 Å². The molecule has 3 unspecified atom stereocenters. The Kier molecular flexibility index (Phi) is 4.53. The Hall–Kier alpha value is -0.579. The fourth-order valence-corrected chi connectivity index (χ4v) is 27.8. The Labute approximate surface area is 182 Å². The molecule has 2 saturated carbocycles. The molecule has 6 heteroatoms. The summed E-state index contributed by atoms with van der Waals surface area (Å²) in [6.45, 7) is 3.08. The molecule has 153 valence electrons. The van der Waals surface area contributed by atoms with Gasteiger partial charge in [0.05, 0.1) is 0 Å².